The second kappa shape index (κ2) is 6.39. The molecule has 1 rings (SSSR count). The molecule has 1 heterocycles. The second-order valence-corrected chi connectivity index (χ2v) is 2.34. The molecule has 12 heavy (non-hydrogen) atoms. The quantitative estimate of drug-likeness (QED) is 0.528. The fourth-order valence-electron chi connectivity index (χ4n) is 0.760. The van der Waals surface area contributed by atoms with E-state index in [9.17, 15) is 0 Å². The van der Waals surface area contributed by atoms with Crippen LogP contribution in [0.1, 0.15) is 12.8 Å². The van der Waals surface area contributed by atoms with E-state index in [0.717, 1.165) is 12.8 Å². The zero-order chi connectivity index (χ0) is 8.49. The van der Waals surface area contributed by atoms with Crippen molar-refractivity contribution in [3.05, 3.63) is 24.3 Å². The third kappa shape index (κ3) is 4.49. The van der Waals surface area contributed by atoms with Crippen molar-refractivity contribution in [3.8, 4) is 0 Å². The van der Waals surface area contributed by atoms with Crippen molar-refractivity contribution in [2.24, 2.45) is 20.7 Å². The molecule has 0 amide bonds. The minimum atomic E-state index is 0.684. The van der Waals surface area contributed by atoms with E-state index < -0.39 is 0 Å². The van der Waals surface area contributed by atoms with Crippen LogP contribution in [0.5, 0.6) is 0 Å². The molecular weight excluding hydrogens is 152 g/mol. The van der Waals surface area contributed by atoms with Crippen molar-refractivity contribution >= 4 is 0 Å². The van der Waals surface area contributed by atoms with Crippen LogP contribution >= 0.6 is 0 Å². The van der Waals surface area contributed by atoms with E-state index in [4.69, 9.17) is 0 Å². The molecule has 0 fully saturated rings. The Hall–Kier alpha value is -1.32. The Morgan fingerprint density at radius 1 is 0.750 bits per heavy atom. The van der Waals surface area contributed by atoms with Crippen LogP contribution in [0.3, 0.4) is 0 Å². The second-order valence-electron chi connectivity index (χ2n) is 2.34. The van der Waals surface area contributed by atoms with Gasteiger partial charge in [-0.05, 0) is 23.3 Å². The number of allylic oxidation sites excluding steroid dienone is 2. The minimum Gasteiger partial charge on any atom is -0.167 e. The van der Waals surface area contributed by atoms with E-state index >= 15 is 0 Å². The van der Waals surface area contributed by atoms with Crippen molar-refractivity contribution in [2.45, 2.75) is 12.8 Å². The summed E-state index contributed by atoms with van der Waals surface area (Å²) in [6.45, 7) is 1.37. The number of nitrogens with zero attached hydrogens (tertiary/aromatic N) is 4. The largest absolute Gasteiger partial charge is 0.167 e. The van der Waals surface area contributed by atoms with Gasteiger partial charge in [0.15, 0.2) is 0 Å². The molecule has 0 aromatic rings. The van der Waals surface area contributed by atoms with Gasteiger partial charge in [-0.15, -0.1) is 0 Å². The van der Waals surface area contributed by atoms with Gasteiger partial charge in [0.2, 0.25) is 0 Å². The third-order valence-corrected chi connectivity index (χ3v) is 1.34. The zero-order valence-electron chi connectivity index (χ0n) is 6.93. The van der Waals surface area contributed by atoms with Gasteiger partial charge in [-0.1, -0.05) is 24.3 Å². The number of hydrogen-bond acceptors (Lipinski definition) is 4. The van der Waals surface area contributed by atoms with Crippen LogP contribution in [0.2, 0.25) is 0 Å². The van der Waals surface area contributed by atoms with Gasteiger partial charge in [-0.3, -0.25) is 0 Å². The first-order valence-corrected chi connectivity index (χ1v) is 4.05. The summed E-state index contributed by atoms with van der Waals surface area (Å²) in [5, 5.41) is 14.6. The highest BCUT2D eigenvalue weighted by atomic mass is 15.5. The lowest BCUT2D eigenvalue weighted by atomic mass is 10.3. The average molecular weight is 164 g/mol. The van der Waals surface area contributed by atoms with Crippen LogP contribution in [-0.4, -0.2) is 13.1 Å². The summed E-state index contributed by atoms with van der Waals surface area (Å²) in [6, 6.07) is 0. The van der Waals surface area contributed by atoms with Crippen molar-refractivity contribution in [2.75, 3.05) is 13.1 Å². The van der Waals surface area contributed by atoms with Gasteiger partial charge in [-0.2, -0.15) is 10.2 Å². The van der Waals surface area contributed by atoms with Crippen LogP contribution in [0.15, 0.2) is 45.0 Å². The molecule has 1 aliphatic heterocycles. The van der Waals surface area contributed by atoms with Gasteiger partial charge in [0.1, 0.15) is 0 Å². The summed E-state index contributed by atoms with van der Waals surface area (Å²) in [7, 11) is 0. The first kappa shape index (κ1) is 8.77. The molecule has 1 aliphatic rings. The Morgan fingerprint density at radius 3 is 1.75 bits per heavy atom. The van der Waals surface area contributed by atoms with Crippen LogP contribution in [-0.2, 0) is 0 Å². The number of rotatable bonds is 0. The van der Waals surface area contributed by atoms with Crippen molar-refractivity contribution in [1.29, 1.82) is 0 Å². The maximum absolute atomic E-state index is 3.79. The molecule has 0 bridgehead atoms. The Balaban J connectivity index is 2.40. The SMILES string of the molecule is C1=C\CCN=NN=NCC\C=C/1. The minimum absolute atomic E-state index is 0.684. The Bertz CT molecular complexity index is 167. The predicted octanol–water partition coefficient (Wildman–Crippen LogP) is 2.71. The van der Waals surface area contributed by atoms with E-state index in [0.29, 0.717) is 13.1 Å². The molecule has 0 saturated carbocycles. The lowest BCUT2D eigenvalue weighted by Crippen LogP contribution is -1.76. The van der Waals surface area contributed by atoms with E-state index in [1.54, 1.807) is 0 Å². The molecule has 0 aromatic carbocycles. The number of hydrogen-bond donors (Lipinski definition) is 0. The molecule has 0 unspecified atom stereocenters. The van der Waals surface area contributed by atoms with Crippen molar-refractivity contribution in [1.82, 2.24) is 0 Å². The topological polar surface area (TPSA) is 49.4 Å². The Morgan fingerprint density at radius 2 is 1.25 bits per heavy atom. The molecule has 0 N–H and O–H groups in total. The predicted molar refractivity (Wildman–Crippen MR) is 47.0 cm³/mol. The molecule has 0 aliphatic carbocycles. The summed E-state index contributed by atoms with van der Waals surface area (Å²) < 4.78 is 0. The molecule has 4 nitrogen and oxygen atoms in total. The molecule has 64 valence electrons. The van der Waals surface area contributed by atoms with Crippen LogP contribution in [0, 0.1) is 0 Å². The van der Waals surface area contributed by atoms with Crippen LogP contribution in [0.4, 0.5) is 0 Å². The molecule has 0 atom stereocenters. The van der Waals surface area contributed by atoms with Gasteiger partial charge in [-0.25, -0.2) is 0 Å². The third-order valence-electron chi connectivity index (χ3n) is 1.34. The van der Waals surface area contributed by atoms with E-state index in [2.05, 4.69) is 32.8 Å². The first-order valence-electron chi connectivity index (χ1n) is 4.05. The smallest absolute Gasteiger partial charge is 0.0656 e. The standard InChI is InChI=1S/C8H12N4/c1-2-4-6-8-10-12-11-9-7-5-3-1/h1-4H,5-8H2/b3-1-,4-2-,11-9?,12-10?. The molecular formula is C8H12N4. The van der Waals surface area contributed by atoms with Crippen molar-refractivity contribution in [3.63, 3.8) is 0 Å². The van der Waals surface area contributed by atoms with Gasteiger partial charge in [0, 0.05) is 0 Å². The van der Waals surface area contributed by atoms with E-state index in [1.165, 1.54) is 0 Å². The maximum atomic E-state index is 3.79. The lowest BCUT2D eigenvalue weighted by molar-refractivity contribution is 0.796. The summed E-state index contributed by atoms with van der Waals surface area (Å²) in [4.78, 5) is 0. The van der Waals surface area contributed by atoms with Gasteiger partial charge < -0.3 is 0 Å². The van der Waals surface area contributed by atoms with Gasteiger partial charge >= 0.3 is 0 Å². The van der Waals surface area contributed by atoms with Crippen LogP contribution < -0.4 is 0 Å². The molecule has 4 heteroatoms. The summed E-state index contributed by atoms with van der Waals surface area (Å²) >= 11 is 0. The summed E-state index contributed by atoms with van der Waals surface area (Å²) in [6.07, 6.45) is 9.98. The summed E-state index contributed by atoms with van der Waals surface area (Å²) in [5.41, 5.74) is 0. The summed E-state index contributed by atoms with van der Waals surface area (Å²) in [5.74, 6) is 0. The van der Waals surface area contributed by atoms with Gasteiger partial charge in [0.05, 0.1) is 13.1 Å². The maximum Gasteiger partial charge on any atom is 0.0656 e. The lowest BCUT2D eigenvalue weighted by Gasteiger charge is -1.86. The van der Waals surface area contributed by atoms with Crippen LogP contribution in [0.25, 0.3) is 0 Å². The van der Waals surface area contributed by atoms with Gasteiger partial charge in [0.25, 0.3) is 0 Å². The molecule has 0 saturated heterocycles. The molecule has 0 aromatic heterocycles. The van der Waals surface area contributed by atoms with E-state index in [-0.39, 0.29) is 0 Å². The van der Waals surface area contributed by atoms with E-state index in [1.807, 2.05) is 12.2 Å². The fraction of sp³-hybridized carbons (Fsp3) is 0.500. The average Bonchev–Trinajstić information content (AvgIpc) is 2.05. The highest BCUT2D eigenvalue weighted by Gasteiger charge is 1.80. The molecule has 0 spiro atoms. The highest BCUT2D eigenvalue weighted by molar-refractivity contribution is 5.02. The zero-order valence-corrected chi connectivity index (χ0v) is 6.93. The van der Waals surface area contributed by atoms with Crippen molar-refractivity contribution < 1.29 is 0 Å². The highest BCUT2D eigenvalue weighted by Crippen LogP contribution is 1.92. The molecule has 0 radical (unpaired) electrons. The normalized spacial score (nSPS) is 24.0. The Labute approximate surface area is 71.8 Å². The monoisotopic (exact) mass is 164 g/mol. The Kier molecular flexibility index (Phi) is 4.67. The first-order chi connectivity index (χ1) is 6.00. The fourth-order valence-corrected chi connectivity index (χ4v) is 0.760.